The number of nitrogens with one attached hydrogen (secondary N) is 2. The van der Waals surface area contributed by atoms with Gasteiger partial charge in [-0.25, -0.2) is 4.99 Å². The minimum Gasteiger partial charge on any atom is -0.496 e. The number of aliphatic imine (C=N–C) groups is 1. The average molecular weight is 386 g/mol. The van der Waals surface area contributed by atoms with Gasteiger partial charge in [0.05, 0.1) is 27.9 Å². The van der Waals surface area contributed by atoms with E-state index in [4.69, 9.17) is 14.2 Å². The Kier molecular flexibility index (Phi) is 8.46. The monoisotopic (exact) mass is 385 g/mol. The van der Waals surface area contributed by atoms with Gasteiger partial charge in [-0.1, -0.05) is 24.3 Å². The van der Waals surface area contributed by atoms with Crippen LogP contribution in [-0.2, 0) is 13.0 Å². The molecule has 0 saturated heterocycles. The summed E-state index contributed by atoms with van der Waals surface area (Å²) < 4.78 is 16.2. The molecule has 2 aromatic rings. The Morgan fingerprint density at radius 3 is 2.43 bits per heavy atom. The van der Waals surface area contributed by atoms with Crippen molar-refractivity contribution in [2.75, 3.05) is 34.4 Å². The molecule has 0 fully saturated rings. The molecule has 6 nitrogen and oxygen atoms in total. The first-order chi connectivity index (χ1) is 13.6. The number of methoxy groups -OCH3 is 3. The summed E-state index contributed by atoms with van der Waals surface area (Å²) in [6, 6.07) is 12.1. The summed E-state index contributed by atoms with van der Waals surface area (Å²) in [4.78, 5) is 4.68. The van der Waals surface area contributed by atoms with Crippen LogP contribution in [0.4, 0.5) is 0 Å². The van der Waals surface area contributed by atoms with Gasteiger partial charge in [0.15, 0.2) is 17.5 Å². The molecular formula is C22H31N3O3. The zero-order chi connectivity index (χ0) is 20.4. The van der Waals surface area contributed by atoms with Crippen molar-refractivity contribution in [1.82, 2.24) is 10.6 Å². The quantitative estimate of drug-likeness (QED) is 0.512. The molecule has 0 aliphatic heterocycles. The highest BCUT2D eigenvalue weighted by Crippen LogP contribution is 2.31. The SMILES string of the molecule is CCNC(=NCc1cccc(OC)c1OC)NCCc1ccc(C)c(OC)c1. The van der Waals surface area contributed by atoms with Crippen LogP contribution in [0.5, 0.6) is 17.2 Å². The van der Waals surface area contributed by atoms with Gasteiger partial charge in [0.25, 0.3) is 0 Å². The van der Waals surface area contributed by atoms with Crippen LogP contribution in [0.15, 0.2) is 41.4 Å². The molecule has 0 spiro atoms. The minimum absolute atomic E-state index is 0.494. The number of ether oxygens (including phenoxy) is 3. The minimum atomic E-state index is 0.494. The van der Waals surface area contributed by atoms with Crippen molar-refractivity contribution in [3.8, 4) is 17.2 Å². The first-order valence-corrected chi connectivity index (χ1v) is 9.48. The van der Waals surface area contributed by atoms with Gasteiger partial charge in [0.1, 0.15) is 5.75 Å². The van der Waals surface area contributed by atoms with E-state index in [1.54, 1.807) is 21.3 Å². The van der Waals surface area contributed by atoms with E-state index in [-0.39, 0.29) is 0 Å². The van der Waals surface area contributed by atoms with Crippen LogP contribution in [0.3, 0.4) is 0 Å². The van der Waals surface area contributed by atoms with Crippen molar-refractivity contribution in [3.05, 3.63) is 53.1 Å². The predicted molar refractivity (Wildman–Crippen MR) is 114 cm³/mol. The Labute approximate surface area is 167 Å². The van der Waals surface area contributed by atoms with Crippen LogP contribution in [0.25, 0.3) is 0 Å². The third-order valence-electron chi connectivity index (χ3n) is 4.41. The molecule has 0 aliphatic rings. The summed E-state index contributed by atoms with van der Waals surface area (Å²) in [6.07, 6.45) is 0.879. The maximum atomic E-state index is 5.48. The fraction of sp³-hybridized carbons (Fsp3) is 0.409. The maximum Gasteiger partial charge on any atom is 0.191 e. The van der Waals surface area contributed by atoms with Crippen LogP contribution < -0.4 is 24.8 Å². The lowest BCUT2D eigenvalue weighted by atomic mass is 10.1. The Balaban J connectivity index is 2.01. The zero-order valence-electron chi connectivity index (χ0n) is 17.5. The molecule has 0 heterocycles. The number of rotatable bonds is 9. The lowest BCUT2D eigenvalue weighted by molar-refractivity contribution is 0.352. The predicted octanol–water partition coefficient (Wildman–Crippen LogP) is 3.32. The van der Waals surface area contributed by atoms with Crippen LogP contribution in [-0.4, -0.2) is 40.4 Å². The third-order valence-corrected chi connectivity index (χ3v) is 4.41. The van der Waals surface area contributed by atoms with Crippen molar-refractivity contribution >= 4 is 5.96 Å². The number of benzene rings is 2. The van der Waals surface area contributed by atoms with Crippen LogP contribution >= 0.6 is 0 Å². The standard InChI is InChI=1S/C22H31N3O3/c1-6-23-22(24-13-12-17-11-10-16(2)20(14-17)27-4)25-15-18-8-7-9-19(26-3)21(18)28-5/h7-11,14H,6,12-13,15H2,1-5H3,(H2,23,24,25). The highest BCUT2D eigenvalue weighted by atomic mass is 16.5. The Morgan fingerprint density at radius 1 is 0.964 bits per heavy atom. The largest absolute Gasteiger partial charge is 0.496 e. The van der Waals surface area contributed by atoms with E-state index in [0.717, 1.165) is 48.1 Å². The molecule has 0 unspecified atom stereocenters. The van der Waals surface area contributed by atoms with Crippen molar-refractivity contribution in [3.63, 3.8) is 0 Å². The molecule has 2 N–H and O–H groups in total. The Morgan fingerprint density at radius 2 is 1.75 bits per heavy atom. The molecule has 6 heteroatoms. The Bertz CT molecular complexity index is 791. The molecule has 2 aromatic carbocycles. The lowest BCUT2D eigenvalue weighted by Gasteiger charge is -2.14. The lowest BCUT2D eigenvalue weighted by Crippen LogP contribution is -2.38. The molecule has 0 atom stereocenters. The average Bonchev–Trinajstić information content (AvgIpc) is 2.72. The van der Waals surface area contributed by atoms with Gasteiger partial charge in [0.2, 0.25) is 0 Å². The van der Waals surface area contributed by atoms with Gasteiger partial charge in [-0.3, -0.25) is 0 Å². The second-order valence-corrected chi connectivity index (χ2v) is 6.33. The molecule has 0 bridgehead atoms. The number of guanidine groups is 1. The van der Waals surface area contributed by atoms with E-state index in [1.165, 1.54) is 5.56 Å². The van der Waals surface area contributed by atoms with E-state index in [2.05, 4.69) is 33.8 Å². The highest BCUT2D eigenvalue weighted by Gasteiger charge is 2.09. The number of para-hydroxylation sites is 1. The number of aryl methyl sites for hydroxylation is 1. The third kappa shape index (κ3) is 5.81. The molecule has 0 aliphatic carbocycles. The van der Waals surface area contributed by atoms with Crippen LogP contribution in [0, 0.1) is 6.92 Å². The zero-order valence-corrected chi connectivity index (χ0v) is 17.5. The summed E-state index contributed by atoms with van der Waals surface area (Å²) in [7, 11) is 4.98. The molecular weight excluding hydrogens is 354 g/mol. The van der Waals surface area contributed by atoms with Gasteiger partial charge in [-0.05, 0) is 43.5 Å². The van der Waals surface area contributed by atoms with E-state index in [0.29, 0.717) is 12.3 Å². The normalized spacial score (nSPS) is 11.1. The summed E-state index contributed by atoms with van der Waals surface area (Å²) in [5.74, 6) is 3.12. The molecule has 2 rings (SSSR count). The summed E-state index contributed by atoms with van der Waals surface area (Å²) in [5, 5.41) is 6.66. The van der Waals surface area contributed by atoms with Gasteiger partial charge in [0, 0.05) is 18.7 Å². The van der Waals surface area contributed by atoms with Crippen LogP contribution in [0.1, 0.15) is 23.6 Å². The number of hydrogen-bond donors (Lipinski definition) is 2. The second-order valence-electron chi connectivity index (χ2n) is 6.33. The fourth-order valence-electron chi connectivity index (χ4n) is 2.93. The van der Waals surface area contributed by atoms with Crippen molar-refractivity contribution in [1.29, 1.82) is 0 Å². The topological polar surface area (TPSA) is 64.1 Å². The molecule has 152 valence electrons. The maximum absolute atomic E-state index is 5.48. The smallest absolute Gasteiger partial charge is 0.191 e. The number of nitrogens with zero attached hydrogens (tertiary/aromatic N) is 1. The first-order valence-electron chi connectivity index (χ1n) is 9.48. The molecule has 0 aromatic heterocycles. The first kappa shape index (κ1) is 21.4. The van der Waals surface area contributed by atoms with E-state index in [1.807, 2.05) is 32.0 Å². The van der Waals surface area contributed by atoms with Gasteiger partial charge < -0.3 is 24.8 Å². The summed E-state index contributed by atoms with van der Waals surface area (Å²) in [6.45, 7) is 6.15. The molecule has 28 heavy (non-hydrogen) atoms. The van der Waals surface area contributed by atoms with E-state index >= 15 is 0 Å². The van der Waals surface area contributed by atoms with Crippen LogP contribution in [0.2, 0.25) is 0 Å². The van der Waals surface area contributed by atoms with Gasteiger partial charge in [-0.2, -0.15) is 0 Å². The van der Waals surface area contributed by atoms with Gasteiger partial charge >= 0.3 is 0 Å². The van der Waals surface area contributed by atoms with E-state index < -0.39 is 0 Å². The van der Waals surface area contributed by atoms with Crippen molar-refractivity contribution in [2.24, 2.45) is 4.99 Å². The van der Waals surface area contributed by atoms with Gasteiger partial charge in [-0.15, -0.1) is 0 Å². The second kappa shape index (κ2) is 11.1. The van der Waals surface area contributed by atoms with Crippen molar-refractivity contribution in [2.45, 2.75) is 26.8 Å². The fourth-order valence-corrected chi connectivity index (χ4v) is 2.93. The summed E-state index contributed by atoms with van der Waals surface area (Å²) >= 11 is 0. The van der Waals surface area contributed by atoms with Crippen molar-refractivity contribution < 1.29 is 14.2 Å². The molecule has 0 radical (unpaired) electrons. The molecule has 0 amide bonds. The highest BCUT2D eigenvalue weighted by molar-refractivity contribution is 5.79. The van der Waals surface area contributed by atoms with E-state index in [9.17, 15) is 0 Å². The summed E-state index contributed by atoms with van der Waals surface area (Å²) in [5.41, 5.74) is 3.34. The number of hydrogen-bond acceptors (Lipinski definition) is 4. The Hall–Kier alpha value is -2.89. The molecule has 0 saturated carbocycles.